The SMILES string of the molecule is CCCCCCNC(=O)C(=O)Nc1ccc(CCCC)cc1. The summed E-state index contributed by atoms with van der Waals surface area (Å²) in [7, 11) is 0. The van der Waals surface area contributed by atoms with Crippen LogP contribution in [0.5, 0.6) is 0 Å². The number of hydrogen-bond acceptors (Lipinski definition) is 2. The number of unbranched alkanes of at least 4 members (excludes halogenated alkanes) is 4. The first-order chi connectivity index (χ1) is 10.7. The maximum atomic E-state index is 11.8. The number of carbonyl (C=O) groups is 2. The number of anilines is 1. The molecule has 0 heterocycles. The van der Waals surface area contributed by atoms with Gasteiger partial charge >= 0.3 is 11.8 Å². The third-order valence-electron chi connectivity index (χ3n) is 3.55. The van der Waals surface area contributed by atoms with Crippen LogP contribution < -0.4 is 10.6 Å². The second kappa shape index (κ2) is 10.8. The van der Waals surface area contributed by atoms with Gasteiger partial charge < -0.3 is 10.6 Å². The quantitative estimate of drug-likeness (QED) is 0.540. The molecule has 4 heteroatoms. The van der Waals surface area contributed by atoms with E-state index in [2.05, 4.69) is 24.5 Å². The summed E-state index contributed by atoms with van der Waals surface area (Å²) in [5.41, 5.74) is 1.91. The van der Waals surface area contributed by atoms with E-state index in [1.807, 2.05) is 24.3 Å². The molecule has 4 nitrogen and oxygen atoms in total. The highest BCUT2D eigenvalue weighted by Gasteiger charge is 2.12. The van der Waals surface area contributed by atoms with Gasteiger partial charge in [-0.1, -0.05) is 51.7 Å². The van der Waals surface area contributed by atoms with Crippen molar-refractivity contribution in [2.75, 3.05) is 11.9 Å². The van der Waals surface area contributed by atoms with Crippen LogP contribution in [-0.2, 0) is 16.0 Å². The zero-order valence-corrected chi connectivity index (χ0v) is 13.8. The monoisotopic (exact) mass is 304 g/mol. The number of nitrogens with one attached hydrogen (secondary N) is 2. The summed E-state index contributed by atoms with van der Waals surface area (Å²) in [6.45, 7) is 4.86. The molecule has 0 unspecified atom stereocenters. The van der Waals surface area contributed by atoms with Gasteiger partial charge in [0.1, 0.15) is 0 Å². The van der Waals surface area contributed by atoms with Gasteiger partial charge in [0.15, 0.2) is 0 Å². The van der Waals surface area contributed by atoms with Crippen LogP contribution in [0.1, 0.15) is 57.9 Å². The van der Waals surface area contributed by atoms with E-state index in [4.69, 9.17) is 0 Å². The van der Waals surface area contributed by atoms with Crippen LogP contribution in [0.15, 0.2) is 24.3 Å². The number of benzene rings is 1. The fourth-order valence-corrected chi connectivity index (χ4v) is 2.16. The average molecular weight is 304 g/mol. The minimum atomic E-state index is -0.600. The van der Waals surface area contributed by atoms with Gasteiger partial charge in [-0.25, -0.2) is 0 Å². The zero-order valence-electron chi connectivity index (χ0n) is 13.8. The summed E-state index contributed by atoms with van der Waals surface area (Å²) in [6, 6.07) is 7.68. The molecule has 0 radical (unpaired) electrons. The minimum absolute atomic E-state index is 0.558. The summed E-state index contributed by atoms with van der Waals surface area (Å²) < 4.78 is 0. The van der Waals surface area contributed by atoms with E-state index in [-0.39, 0.29) is 0 Å². The lowest BCUT2D eigenvalue weighted by atomic mass is 10.1. The van der Waals surface area contributed by atoms with Crippen molar-refractivity contribution in [2.24, 2.45) is 0 Å². The maximum absolute atomic E-state index is 11.8. The molecule has 0 aliphatic carbocycles. The van der Waals surface area contributed by atoms with E-state index in [0.29, 0.717) is 12.2 Å². The van der Waals surface area contributed by atoms with Gasteiger partial charge in [-0.15, -0.1) is 0 Å². The van der Waals surface area contributed by atoms with Gasteiger partial charge in [0.25, 0.3) is 0 Å². The van der Waals surface area contributed by atoms with Crippen molar-refractivity contribution < 1.29 is 9.59 Å². The molecule has 0 fully saturated rings. The van der Waals surface area contributed by atoms with Gasteiger partial charge in [-0.05, 0) is 37.0 Å². The molecule has 22 heavy (non-hydrogen) atoms. The van der Waals surface area contributed by atoms with Crippen molar-refractivity contribution in [3.63, 3.8) is 0 Å². The molecule has 0 saturated heterocycles. The summed E-state index contributed by atoms with van der Waals surface area (Å²) in [5.74, 6) is -1.16. The fourth-order valence-electron chi connectivity index (χ4n) is 2.16. The summed E-state index contributed by atoms with van der Waals surface area (Å²) in [5, 5.41) is 5.28. The second-order valence-corrected chi connectivity index (χ2v) is 5.57. The Balaban J connectivity index is 2.32. The summed E-state index contributed by atoms with van der Waals surface area (Å²) in [6.07, 6.45) is 7.68. The Morgan fingerprint density at radius 3 is 2.18 bits per heavy atom. The van der Waals surface area contributed by atoms with Crippen molar-refractivity contribution in [3.8, 4) is 0 Å². The highest BCUT2D eigenvalue weighted by molar-refractivity contribution is 6.39. The predicted octanol–water partition coefficient (Wildman–Crippen LogP) is 3.66. The molecular formula is C18H28N2O2. The fraction of sp³-hybridized carbons (Fsp3) is 0.556. The Labute approximate surface area is 133 Å². The lowest BCUT2D eigenvalue weighted by molar-refractivity contribution is -0.136. The minimum Gasteiger partial charge on any atom is -0.348 e. The molecule has 2 N–H and O–H groups in total. The van der Waals surface area contributed by atoms with Crippen molar-refractivity contribution in [1.29, 1.82) is 0 Å². The van der Waals surface area contributed by atoms with Gasteiger partial charge in [0.05, 0.1) is 0 Å². The Hall–Kier alpha value is -1.84. The van der Waals surface area contributed by atoms with Crippen LogP contribution in [0.3, 0.4) is 0 Å². The van der Waals surface area contributed by atoms with Crippen LogP contribution in [-0.4, -0.2) is 18.4 Å². The number of amides is 2. The molecule has 1 aromatic rings. The number of carbonyl (C=O) groups excluding carboxylic acids is 2. The molecule has 0 aromatic heterocycles. The van der Waals surface area contributed by atoms with E-state index in [0.717, 1.165) is 44.9 Å². The second-order valence-electron chi connectivity index (χ2n) is 5.57. The standard InChI is InChI=1S/C18H28N2O2/c1-3-5-7-8-14-19-17(21)18(22)20-16-12-10-15(11-13-16)9-6-4-2/h10-13H,3-9,14H2,1-2H3,(H,19,21)(H,20,22). The summed E-state index contributed by atoms with van der Waals surface area (Å²) in [4.78, 5) is 23.4. The van der Waals surface area contributed by atoms with Crippen LogP contribution in [0.25, 0.3) is 0 Å². The van der Waals surface area contributed by atoms with Crippen molar-refractivity contribution in [3.05, 3.63) is 29.8 Å². The van der Waals surface area contributed by atoms with E-state index in [1.54, 1.807) is 0 Å². The Kier molecular flexibility index (Phi) is 8.96. The first kappa shape index (κ1) is 18.2. The zero-order chi connectivity index (χ0) is 16.2. The molecule has 2 amide bonds. The molecule has 0 aliphatic rings. The number of rotatable bonds is 9. The molecule has 0 bridgehead atoms. The first-order valence-corrected chi connectivity index (χ1v) is 8.35. The van der Waals surface area contributed by atoms with Crippen LogP contribution in [0.4, 0.5) is 5.69 Å². The topological polar surface area (TPSA) is 58.2 Å². The first-order valence-electron chi connectivity index (χ1n) is 8.35. The lowest BCUT2D eigenvalue weighted by Crippen LogP contribution is -2.35. The number of aryl methyl sites for hydroxylation is 1. The Morgan fingerprint density at radius 1 is 0.864 bits per heavy atom. The van der Waals surface area contributed by atoms with Gasteiger partial charge in [-0.3, -0.25) is 9.59 Å². The smallest absolute Gasteiger partial charge is 0.313 e. The van der Waals surface area contributed by atoms with E-state index in [9.17, 15) is 9.59 Å². The maximum Gasteiger partial charge on any atom is 0.313 e. The molecule has 0 spiro atoms. The molecule has 122 valence electrons. The van der Waals surface area contributed by atoms with Gasteiger partial charge in [-0.2, -0.15) is 0 Å². The van der Waals surface area contributed by atoms with Crippen molar-refractivity contribution >= 4 is 17.5 Å². The Morgan fingerprint density at radius 2 is 1.55 bits per heavy atom. The highest BCUT2D eigenvalue weighted by atomic mass is 16.2. The van der Waals surface area contributed by atoms with Crippen molar-refractivity contribution in [1.82, 2.24) is 5.32 Å². The largest absolute Gasteiger partial charge is 0.348 e. The molecule has 1 rings (SSSR count). The predicted molar refractivity (Wildman–Crippen MR) is 90.8 cm³/mol. The average Bonchev–Trinajstić information content (AvgIpc) is 2.53. The van der Waals surface area contributed by atoms with Gasteiger partial charge in [0.2, 0.25) is 0 Å². The van der Waals surface area contributed by atoms with E-state index in [1.165, 1.54) is 5.56 Å². The molecular weight excluding hydrogens is 276 g/mol. The third-order valence-corrected chi connectivity index (χ3v) is 3.55. The molecule has 0 atom stereocenters. The summed E-state index contributed by atoms with van der Waals surface area (Å²) >= 11 is 0. The van der Waals surface area contributed by atoms with Gasteiger partial charge in [0, 0.05) is 12.2 Å². The lowest BCUT2D eigenvalue weighted by Gasteiger charge is -2.07. The van der Waals surface area contributed by atoms with Crippen LogP contribution in [0.2, 0.25) is 0 Å². The van der Waals surface area contributed by atoms with Crippen molar-refractivity contribution in [2.45, 2.75) is 58.8 Å². The van der Waals surface area contributed by atoms with Crippen LogP contribution in [0, 0.1) is 0 Å². The molecule has 0 saturated carbocycles. The number of hydrogen-bond donors (Lipinski definition) is 2. The normalized spacial score (nSPS) is 10.3. The highest BCUT2D eigenvalue weighted by Crippen LogP contribution is 2.11. The van der Waals surface area contributed by atoms with Crippen LogP contribution >= 0.6 is 0 Å². The van der Waals surface area contributed by atoms with E-state index >= 15 is 0 Å². The molecule has 1 aromatic carbocycles. The third kappa shape index (κ3) is 7.25. The molecule has 0 aliphatic heterocycles. The van der Waals surface area contributed by atoms with E-state index < -0.39 is 11.8 Å². The Bertz CT molecular complexity index is 455.